The highest BCUT2D eigenvalue weighted by Crippen LogP contribution is 2.59. The number of hydrogen-bond donors (Lipinski definition) is 7. The van der Waals surface area contributed by atoms with E-state index in [2.05, 4.69) is 195 Å². The second-order valence-electron chi connectivity index (χ2n) is 25.2. The number of thioether (sulfide) groups is 1. The van der Waals surface area contributed by atoms with Crippen LogP contribution < -0.4 is 22.9 Å². The van der Waals surface area contributed by atoms with E-state index in [0.717, 1.165) is 154 Å². The number of thiocarbonyl (C=S) groups is 1. The lowest BCUT2D eigenvalue weighted by Crippen LogP contribution is -2.18. The molecule has 0 unspecified atom stereocenters. The maximum absolute atomic E-state index is 12.3. The van der Waals surface area contributed by atoms with Crippen LogP contribution in [0.5, 0.6) is 0 Å². The summed E-state index contributed by atoms with van der Waals surface area (Å²) in [5.74, 6) is 1.44. The normalized spacial score (nSPS) is 11.0. The van der Waals surface area contributed by atoms with Crippen LogP contribution in [0, 0.1) is 5.41 Å². The van der Waals surface area contributed by atoms with Gasteiger partial charge in [-0.25, -0.2) is 0 Å². The summed E-state index contributed by atoms with van der Waals surface area (Å²) in [6.45, 7) is 5.18. The van der Waals surface area contributed by atoms with Gasteiger partial charge in [0.1, 0.15) is 28.0 Å². The molecule has 23 heteroatoms. The molecule has 111 heavy (non-hydrogen) atoms. The zero-order chi connectivity index (χ0) is 80.9. The van der Waals surface area contributed by atoms with Crippen LogP contribution in [-0.4, -0.2) is 75.5 Å². The summed E-state index contributed by atoms with van der Waals surface area (Å²) < 4.78 is 9.63. The predicted molar refractivity (Wildman–Crippen MR) is 496 cm³/mol. The number of cyclic esters (lactones) is 1. The van der Waals surface area contributed by atoms with Gasteiger partial charge in [-0.05, 0) is 229 Å². The molecule has 0 spiro atoms. The predicted octanol–water partition coefficient (Wildman–Crippen LogP) is 23.0. The average molecular weight is 1940 g/mol. The Morgan fingerprint density at radius 3 is 1.12 bits per heavy atom. The standard InChI is InChI=1S/C21H26N2OS.C20H23BrO.C20H24O2.C10H15N.C9H8O2.C4H8O.C2H6O.CH2Cl2.CH4N2S.Br3P.BrH/c22-21(23)25-16-19-13-8-7-12-18(19)15-20(24)14-6-2-5-11-17-9-3-1-4-10-17;2*21-16-19-13-8-7-12-18(19)15-20(22)14-6-2-5-11-17-9-3-1-4-10-17;11-9-5-4-8-10-6-2-1-3-7-10;10-9-5-7-3-1-2-4-8(7)6-11-9;1-2-4-5-3-1;1-2-3;2-1-3;2-1(3)4;1-4(2)3;/h1,3-4,7-10,12-13H,2,5-6,11,14-16H2,(H3,22,23);1,3-4,7-10,12-13H,2,5-6,11,14-16H2;1,3-4,7-10,12-13,21H,2,5-6,11,14-16H2;1-3,6-7H,4-5,8-9,11H2;1-4H,5-6H2;1-4H2;3H,2H2,1H3;1H2;(H4,2,3,4);;1H. The number of unbranched alkanes of at least 4 members (excludes halogenated alkanes) is 7. The molecule has 2 aliphatic heterocycles. The van der Waals surface area contributed by atoms with Gasteiger partial charge in [-0.15, -0.1) is 40.2 Å². The molecular formula is C88H117Br5Cl2N5O8PS2. The molecule has 2 aliphatic rings. The van der Waals surface area contributed by atoms with E-state index in [1.807, 2.05) is 109 Å². The molecular weight excluding hydrogens is 1820 g/mol. The molecule has 0 radical (unpaired) electrons. The van der Waals surface area contributed by atoms with Gasteiger partial charge in [-0.1, -0.05) is 265 Å². The second-order valence-corrected chi connectivity index (χ2v) is 43.4. The van der Waals surface area contributed by atoms with E-state index < -0.39 is 0 Å². The van der Waals surface area contributed by atoms with Gasteiger partial charge in [0.25, 0.3) is 0 Å². The first kappa shape index (κ1) is 106. The van der Waals surface area contributed by atoms with Crippen molar-refractivity contribution >= 4 is 164 Å². The van der Waals surface area contributed by atoms with Gasteiger partial charge < -0.3 is 42.6 Å². The number of halogens is 7. The summed E-state index contributed by atoms with van der Waals surface area (Å²) in [6, 6.07) is 73.6. The molecule has 11 N–H and O–H groups in total. The molecule has 8 aromatic rings. The second kappa shape index (κ2) is 73.9. The largest absolute Gasteiger partial charge is 0.461 e. The van der Waals surface area contributed by atoms with Gasteiger partial charge in [0, 0.05) is 69.4 Å². The highest BCUT2D eigenvalue weighted by atomic mass is 80.0. The fraction of sp³-hybridized carbons (Fsp3) is 0.386. The number of ether oxygens (including phenoxy) is 2. The summed E-state index contributed by atoms with van der Waals surface area (Å²) in [5, 5.41) is 25.3. The number of ketones is 3. The number of carbonyl (C=O) groups is 4. The third-order valence-corrected chi connectivity index (χ3v) is 17.8. The smallest absolute Gasteiger partial charge is 0.310 e. The van der Waals surface area contributed by atoms with E-state index in [1.165, 1.54) is 58.8 Å². The quantitative estimate of drug-likeness (QED) is 0.00394. The lowest BCUT2D eigenvalue weighted by Gasteiger charge is -2.14. The molecule has 8 aromatic carbocycles. The Morgan fingerprint density at radius 2 is 0.793 bits per heavy atom. The van der Waals surface area contributed by atoms with Crippen LogP contribution in [0.1, 0.15) is 176 Å². The summed E-state index contributed by atoms with van der Waals surface area (Å²) in [7, 11) is 0. The summed E-state index contributed by atoms with van der Waals surface area (Å²) >= 11 is 27.9. The summed E-state index contributed by atoms with van der Waals surface area (Å²) in [5.41, 5.74) is 34.2. The van der Waals surface area contributed by atoms with Gasteiger partial charge in [0.15, 0.2) is 10.3 Å². The highest BCUT2D eigenvalue weighted by Gasteiger charge is 2.15. The molecule has 0 amide bonds. The highest BCUT2D eigenvalue weighted by molar-refractivity contribution is 9.93. The number of esters is 1. The molecule has 0 bridgehead atoms. The minimum atomic E-state index is -0.183. The van der Waals surface area contributed by atoms with E-state index in [4.69, 9.17) is 54.7 Å². The van der Waals surface area contributed by atoms with Gasteiger partial charge in [-0.3, -0.25) is 24.6 Å². The first-order valence-electron chi connectivity index (χ1n) is 37.4. The summed E-state index contributed by atoms with van der Waals surface area (Å²) in [4.78, 5) is 47.2. The van der Waals surface area contributed by atoms with Crippen molar-refractivity contribution in [1.82, 2.24) is 0 Å². The van der Waals surface area contributed by atoms with Crippen LogP contribution in [0.3, 0.4) is 0 Å². The molecule has 2 heterocycles. The number of fused-ring (bicyclic) bond motifs is 1. The van der Waals surface area contributed by atoms with Crippen LogP contribution in [0.25, 0.3) is 0 Å². The number of hydrogen-bond acceptors (Lipinski definition) is 12. The average Bonchev–Trinajstić information content (AvgIpc) is 0.925. The maximum Gasteiger partial charge on any atom is 0.310 e. The third-order valence-electron chi connectivity index (χ3n) is 16.4. The van der Waals surface area contributed by atoms with Gasteiger partial charge in [0.2, 0.25) is 0 Å². The molecule has 10 rings (SSSR count). The van der Waals surface area contributed by atoms with Crippen LogP contribution in [0.2, 0.25) is 0 Å². The fourth-order valence-electron chi connectivity index (χ4n) is 11.0. The first-order chi connectivity index (χ1) is 53.3. The Balaban J connectivity index is 0.00000131. The molecule has 0 aromatic heterocycles. The van der Waals surface area contributed by atoms with Crippen LogP contribution in [-0.2, 0) is 104 Å². The number of Topliss-reactive ketones (excluding diaryl/α,β-unsaturated/α-hetero) is 3. The van der Waals surface area contributed by atoms with E-state index in [0.29, 0.717) is 68.9 Å². The van der Waals surface area contributed by atoms with Crippen molar-refractivity contribution in [2.75, 3.05) is 31.7 Å². The van der Waals surface area contributed by atoms with Gasteiger partial charge in [0.05, 0.1) is 18.4 Å². The van der Waals surface area contributed by atoms with Crippen molar-refractivity contribution in [3.8, 4) is 0 Å². The van der Waals surface area contributed by atoms with Crippen LogP contribution in [0.15, 0.2) is 218 Å². The Kier molecular flexibility index (Phi) is 70.5. The van der Waals surface area contributed by atoms with E-state index in [-0.39, 0.29) is 61.6 Å². The zero-order valence-corrected chi connectivity index (χ0v) is 76.3. The van der Waals surface area contributed by atoms with Crippen molar-refractivity contribution < 1.29 is 38.9 Å². The molecule has 13 nitrogen and oxygen atoms in total. The molecule has 1 saturated heterocycles. The van der Waals surface area contributed by atoms with Gasteiger partial charge >= 0.3 is 5.97 Å². The molecule has 1 fully saturated rings. The van der Waals surface area contributed by atoms with Crippen molar-refractivity contribution in [1.29, 1.82) is 5.41 Å². The number of carbonyl (C=O) groups excluding carboxylic acids is 4. The topological polar surface area (TPSA) is 255 Å². The number of nitrogens with one attached hydrogen (secondary N) is 1. The van der Waals surface area contributed by atoms with Gasteiger partial charge in [-0.2, -0.15) is 0 Å². The number of aliphatic hydroxyl groups excluding tert-OH is 2. The molecule has 608 valence electrons. The van der Waals surface area contributed by atoms with E-state index in [1.54, 1.807) is 6.92 Å². The Morgan fingerprint density at radius 1 is 0.495 bits per heavy atom. The number of amidine groups is 1. The first-order valence-corrected chi connectivity index (χ1v) is 48.4. The number of nitrogens with two attached hydrogens (primary N) is 4. The Labute approximate surface area is 726 Å². The number of rotatable bonds is 32. The van der Waals surface area contributed by atoms with Crippen LogP contribution >= 0.6 is 131 Å². The number of alkyl halides is 3. The van der Waals surface area contributed by atoms with Crippen molar-refractivity contribution in [2.24, 2.45) is 22.9 Å². The van der Waals surface area contributed by atoms with Crippen molar-refractivity contribution in [2.45, 2.75) is 185 Å². The lowest BCUT2D eigenvalue weighted by atomic mass is 9.99. The summed E-state index contributed by atoms with van der Waals surface area (Å²) in [6.07, 6.45) is 22.9. The SMILES string of the molecule is Br.BrP(Br)Br.C1CCOC1.CCO.ClCCl.N=C(N)SCc1ccccc1CC(=O)CCCCCc1ccccc1.NC(N)=S.NCCCCc1ccccc1.O=C(CCCCCc1ccccc1)Cc1ccccc1CBr.O=C(CCCCCc1ccccc1)Cc1ccccc1CO.O=C1Cc2ccccc2CO1. The van der Waals surface area contributed by atoms with E-state index >= 15 is 0 Å². The van der Waals surface area contributed by atoms with Crippen LogP contribution in [0.4, 0.5) is 0 Å². The number of benzene rings is 8. The Hall–Kier alpha value is -5.00. The lowest BCUT2D eigenvalue weighted by molar-refractivity contribution is -0.145. The Bertz CT molecular complexity index is 3540. The maximum atomic E-state index is 12.3. The zero-order valence-electron chi connectivity index (χ0n) is 64.2. The van der Waals surface area contributed by atoms with Crippen molar-refractivity contribution in [3.05, 3.63) is 285 Å². The molecule has 0 saturated carbocycles. The minimum Gasteiger partial charge on any atom is -0.461 e. The minimum absolute atomic E-state index is 0. The van der Waals surface area contributed by atoms with Crippen molar-refractivity contribution in [3.63, 3.8) is 0 Å². The monoisotopic (exact) mass is 1930 g/mol. The third kappa shape index (κ3) is 61.1. The molecule has 0 atom stereocenters. The van der Waals surface area contributed by atoms with E-state index in [9.17, 15) is 24.3 Å². The number of aryl methyl sites for hydroxylation is 4. The fourth-order valence-corrected chi connectivity index (χ4v) is 12.1. The number of aliphatic hydroxyl groups is 2. The molecule has 0 aliphatic carbocycles.